The minimum atomic E-state index is 0.0706. The zero-order valence-corrected chi connectivity index (χ0v) is 11.9. The molecule has 0 aromatic heterocycles. The van der Waals surface area contributed by atoms with Crippen LogP contribution in [0.2, 0.25) is 0 Å². The van der Waals surface area contributed by atoms with Crippen molar-refractivity contribution in [3.63, 3.8) is 0 Å². The number of hydrogen-bond donors (Lipinski definition) is 1. The maximum atomic E-state index is 5.68. The highest BCUT2D eigenvalue weighted by Gasteiger charge is 2.11. The quantitative estimate of drug-likeness (QED) is 0.762. The van der Waals surface area contributed by atoms with Gasteiger partial charge in [0.2, 0.25) is 0 Å². The first-order chi connectivity index (χ1) is 8.56. The van der Waals surface area contributed by atoms with Crippen LogP contribution < -0.4 is 15.2 Å². The highest BCUT2D eigenvalue weighted by atomic mass is 32.1. The van der Waals surface area contributed by atoms with Crippen molar-refractivity contribution >= 4 is 17.2 Å². The summed E-state index contributed by atoms with van der Waals surface area (Å²) in [6, 6.07) is 7.65. The van der Waals surface area contributed by atoms with Crippen LogP contribution in [0.1, 0.15) is 6.92 Å². The number of nitrogens with two attached hydrogens (primary N) is 1. The predicted octanol–water partition coefficient (Wildman–Crippen LogP) is 1.68. The SMILES string of the molecule is COc1ccccc1OCCN(C)C(C)C(N)=S. The van der Waals surface area contributed by atoms with Gasteiger partial charge in [-0.25, -0.2) is 0 Å². The Labute approximate surface area is 114 Å². The average Bonchev–Trinajstić information content (AvgIpc) is 2.38. The van der Waals surface area contributed by atoms with Crippen LogP contribution >= 0.6 is 12.2 Å². The summed E-state index contributed by atoms with van der Waals surface area (Å²) in [6.45, 7) is 3.28. The van der Waals surface area contributed by atoms with Gasteiger partial charge in [-0.05, 0) is 26.1 Å². The van der Waals surface area contributed by atoms with Gasteiger partial charge in [0, 0.05) is 6.54 Å². The van der Waals surface area contributed by atoms with E-state index in [-0.39, 0.29) is 6.04 Å². The maximum Gasteiger partial charge on any atom is 0.161 e. The lowest BCUT2D eigenvalue weighted by Crippen LogP contribution is -2.41. The van der Waals surface area contributed by atoms with Crippen LogP contribution in [0.15, 0.2) is 24.3 Å². The number of methoxy groups -OCH3 is 1. The normalized spacial score (nSPS) is 12.2. The van der Waals surface area contributed by atoms with Crippen molar-refractivity contribution in [1.29, 1.82) is 0 Å². The smallest absolute Gasteiger partial charge is 0.161 e. The molecule has 0 spiro atoms. The van der Waals surface area contributed by atoms with E-state index >= 15 is 0 Å². The summed E-state index contributed by atoms with van der Waals surface area (Å²) in [4.78, 5) is 2.55. The fourth-order valence-electron chi connectivity index (χ4n) is 1.45. The van der Waals surface area contributed by atoms with Crippen molar-refractivity contribution in [3.05, 3.63) is 24.3 Å². The van der Waals surface area contributed by atoms with Crippen molar-refractivity contribution in [1.82, 2.24) is 4.90 Å². The number of likely N-dealkylation sites (N-methyl/N-ethyl adjacent to an activating group) is 1. The van der Waals surface area contributed by atoms with E-state index in [0.717, 1.165) is 18.0 Å². The summed E-state index contributed by atoms with van der Waals surface area (Å²) in [7, 11) is 3.60. The van der Waals surface area contributed by atoms with Gasteiger partial charge < -0.3 is 15.2 Å². The summed E-state index contributed by atoms with van der Waals surface area (Å²) in [6.07, 6.45) is 0. The number of hydrogen-bond acceptors (Lipinski definition) is 4. The van der Waals surface area contributed by atoms with E-state index in [9.17, 15) is 0 Å². The molecule has 0 heterocycles. The lowest BCUT2D eigenvalue weighted by atomic mass is 10.3. The van der Waals surface area contributed by atoms with E-state index in [2.05, 4.69) is 4.90 Å². The molecular formula is C13H20N2O2S. The molecule has 1 aromatic rings. The predicted molar refractivity (Wildman–Crippen MR) is 77.4 cm³/mol. The number of benzene rings is 1. The zero-order valence-electron chi connectivity index (χ0n) is 11.1. The summed E-state index contributed by atoms with van der Waals surface area (Å²) in [5.41, 5.74) is 5.59. The Hall–Kier alpha value is -1.33. The van der Waals surface area contributed by atoms with Gasteiger partial charge in [-0.3, -0.25) is 4.90 Å². The Morgan fingerprint density at radius 2 is 2.00 bits per heavy atom. The van der Waals surface area contributed by atoms with Crippen LogP contribution in [-0.4, -0.2) is 43.2 Å². The second-order valence-corrected chi connectivity index (χ2v) is 4.53. The Balaban J connectivity index is 2.44. The van der Waals surface area contributed by atoms with E-state index in [1.165, 1.54) is 0 Å². The molecule has 1 rings (SSSR count). The largest absolute Gasteiger partial charge is 0.493 e. The van der Waals surface area contributed by atoms with Crippen LogP contribution in [0.3, 0.4) is 0 Å². The molecule has 4 nitrogen and oxygen atoms in total. The first-order valence-electron chi connectivity index (χ1n) is 5.81. The summed E-state index contributed by atoms with van der Waals surface area (Å²) < 4.78 is 10.9. The Morgan fingerprint density at radius 3 is 2.56 bits per heavy atom. The number of nitrogens with zero attached hydrogens (tertiary/aromatic N) is 1. The van der Waals surface area contributed by atoms with Crippen LogP contribution in [0.25, 0.3) is 0 Å². The summed E-state index contributed by atoms with van der Waals surface area (Å²) in [5.74, 6) is 1.49. The van der Waals surface area contributed by atoms with Gasteiger partial charge in [-0.1, -0.05) is 24.4 Å². The van der Waals surface area contributed by atoms with E-state index in [1.54, 1.807) is 7.11 Å². The summed E-state index contributed by atoms with van der Waals surface area (Å²) in [5, 5.41) is 0. The zero-order chi connectivity index (χ0) is 13.5. The van der Waals surface area contributed by atoms with Gasteiger partial charge >= 0.3 is 0 Å². The van der Waals surface area contributed by atoms with Gasteiger partial charge in [0.05, 0.1) is 18.1 Å². The highest BCUT2D eigenvalue weighted by molar-refractivity contribution is 7.80. The fourth-order valence-corrected chi connectivity index (χ4v) is 1.63. The highest BCUT2D eigenvalue weighted by Crippen LogP contribution is 2.25. The molecular weight excluding hydrogens is 248 g/mol. The van der Waals surface area contributed by atoms with E-state index in [4.69, 9.17) is 27.4 Å². The molecule has 0 saturated carbocycles. The Morgan fingerprint density at radius 1 is 1.39 bits per heavy atom. The van der Waals surface area contributed by atoms with Crippen molar-refractivity contribution in [2.24, 2.45) is 5.73 Å². The number of thiocarbonyl (C=S) groups is 1. The van der Waals surface area contributed by atoms with E-state index in [1.807, 2.05) is 38.2 Å². The third-order valence-electron chi connectivity index (χ3n) is 2.84. The standard InChI is InChI=1S/C13H20N2O2S/c1-10(13(14)18)15(2)8-9-17-12-7-5-4-6-11(12)16-3/h4-7,10H,8-9H2,1-3H3,(H2,14,18). The molecule has 100 valence electrons. The number of para-hydroxylation sites is 2. The molecule has 2 N–H and O–H groups in total. The van der Waals surface area contributed by atoms with E-state index in [0.29, 0.717) is 11.6 Å². The number of rotatable bonds is 7. The first-order valence-corrected chi connectivity index (χ1v) is 6.22. The van der Waals surface area contributed by atoms with Gasteiger partial charge in [0.15, 0.2) is 11.5 Å². The lowest BCUT2D eigenvalue weighted by molar-refractivity contribution is 0.221. The van der Waals surface area contributed by atoms with Gasteiger partial charge in [-0.2, -0.15) is 0 Å². The van der Waals surface area contributed by atoms with E-state index < -0.39 is 0 Å². The molecule has 1 atom stereocenters. The molecule has 0 fully saturated rings. The molecule has 0 aliphatic heterocycles. The van der Waals surface area contributed by atoms with Crippen LogP contribution in [0.4, 0.5) is 0 Å². The molecule has 0 amide bonds. The second kappa shape index (κ2) is 7.18. The molecule has 1 unspecified atom stereocenters. The van der Waals surface area contributed by atoms with Crippen molar-refractivity contribution < 1.29 is 9.47 Å². The molecule has 0 saturated heterocycles. The molecule has 0 bridgehead atoms. The molecule has 0 aliphatic rings. The third-order valence-corrected chi connectivity index (χ3v) is 3.18. The topological polar surface area (TPSA) is 47.7 Å². The molecule has 1 aromatic carbocycles. The van der Waals surface area contributed by atoms with Crippen LogP contribution in [-0.2, 0) is 0 Å². The minimum absolute atomic E-state index is 0.0706. The van der Waals surface area contributed by atoms with Crippen LogP contribution in [0, 0.1) is 0 Å². The molecule has 5 heteroatoms. The van der Waals surface area contributed by atoms with Crippen LogP contribution in [0.5, 0.6) is 11.5 Å². The average molecular weight is 268 g/mol. The van der Waals surface area contributed by atoms with Crippen molar-refractivity contribution in [3.8, 4) is 11.5 Å². The Bertz CT molecular complexity index is 398. The Kier molecular flexibility index (Phi) is 5.88. The monoisotopic (exact) mass is 268 g/mol. The first kappa shape index (κ1) is 14.7. The lowest BCUT2D eigenvalue weighted by Gasteiger charge is -2.23. The second-order valence-electron chi connectivity index (χ2n) is 4.06. The minimum Gasteiger partial charge on any atom is -0.493 e. The van der Waals surface area contributed by atoms with Gasteiger partial charge in [0.25, 0.3) is 0 Å². The van der Waals surface area contributed by atoms with Crippen molar-refractivity contribution in [2.75, 3.05) is 27.3 Å². The maximum absolute atomic E-state index is 5.68. The van der Waals surface area contributed by atoms with Gasteiger partial charge in [-0.15, -0.1) is 0 Å². The molecule has 0 aliphatic carbocycles. The third kappa shape index (κ3) is 4.16. The molecule has 18 heavy (non-hydrogen) atoms. The molecule has 0 radical (unpaired) electrons. The van der Waals surface area contributed by atoms with Gasteiger partial charge in [0.1, 0.15) is 6.61 Å². The number of ether oxygens (including phenoxy) is 2. The summed E-state index contributed by atoms with van der Waals surface area (Å²) >= 11 is 4.95. The fraction of sp³-hybridized carbons (Fsp3) is 0.462. The van der Waals surface area contributed by atoms with Crippen molar-refractivity contribution in [2.45, 2.75) is 13.0 Å².